The standard InChI is InChI=1S/C15H17NO2/c1-18-14-6-4-11(5-7-14)15-10-13(17)9-12-3-2-8-16(12)15/h2-7,12,15H,8-10H2,1H3/t12-,15+/m0/s1. The number of Topliss-reactive ketones (excluding diaryl/α,β-unsaturated/α-hetero) is 1. The summed E-state index contributed by atoms with van der Waals surface area (Å²) in [6.07, 6.45) is 5.63. The number of benzene rings is 1. The second-order valence-electron chi connectivity index (χ2n) is 4.93. The Hall–Kier alpha value is -1.61. The van der Waals surface area contributed by atoms with Crippen LogP contribution in [0.15, 0.2) is 36.4 Å². The molecule has 0 amide bonds. The Balaban J connectivity index is 1.87. The molecule has 3 rings (SSSR count). The topological polar surface area (TPSA) is 29.5 Å². The largest absolute Gasteiger partial charge is 0.497 e. The van der Waals surface area contributed by atoms with Crippen LogP contribution in [0.1, 0.15) is 24.4 Å². The molecule has 1 aromatic carbocycles. The summed E-state index contributed by atoms with van der Waals surface area (Å²) in [6, 6.07) is 8.59. The Kier molecular flexibility index (Phi) is 2.92. The number of fused-ring (bicyclic) bond motifs is 1. The Bertz CT molecular complexity index is 478. The van der Waals surface area contributed by atoms with Gasteiger partial charge in [0.2, 0.25) is 0 Å². The lowest BCUT2D eigenvalue weighted by Gasteiger charge is -2.37. The van der Waals surface area contributed by atoms with Crippen molar-refractivity contribution in [2.24, 2.45) is 0 Å². The van der Waals surface area contributed by atoms with Crippen molar-refractivity contribution in [3.8, 4) is 5.75 Å². The molecule has 3 heteroatoms. The molecule has 1 saturated heterocycles. The van der Waals surface area contributed by atoms with E-state index >= 15 is 0 Å². The highest BCUT2D eigenvalue weighted by atomic mass is 16.5. The normalized spacial score (nSPS) is 27.3. The first kappa shape index (κ1) is 11.5. The van der Waals surface area contributed by atoms with Gasteiger partial charge in [0.05, 0.1) is 7.11 Å². The maximum Gasteiger partial charge on any atom is 0.136 e. The Morgan fingerprint density at radius 3 is 2.72 bits per heavy atom. The van der Waals surface area contributed by atoms with Crippen LogP contribution >= 0.6 is 0 Å². The van der Waals surface area contributed by atoms with E-state index in [1.807, 2.05) is 12.1 Å². The summed E-state index contributed by atoms with van der Waals surface area (Å²) in [7, 11) is 1.67. The predicted octanol–water partition coefficient (Wildman–Crippen LogP) is 2.34. The number of hydrogen-bond acceptors (Lipinski definition) is 3. The number of carbonyl (C=O) groups excluding carboxylic acids is 1. The second-order valence-corrected chi connectivity index (χ2v) is 4.93. The van der Waals surface area contributed by atoms with Crippen molar-refractivity contribution in [2.45, 2.75) is 24.9 Å². The van der Waals surface area contributed by atoms with Gasteiger partial charge >= 0.3 is 0 Å². The molecule has 2 aliphatic rings. The molecular weight excluding hydrogens is 226 g/mol. The minimum Gasteiger partial charge on any atom is -0.497 e. The van der Waals surface area contributed by atoms with Crippen molar-refractivity contribution >= 4 is 5.78 Å². The van der Waals surface area contributed by atoms with Crippen molar-refractivity contribution < 1.29 is 9.53 Å². The van der Waals surface area contributed by atoms with Crippen LogP contribution < -0.4 is 4.74 Å². The smallest absolute Gasteiger partial charge is 0.136 e. The van der Waals surface area contributed by atoms with Gasteiger partial charge in [-0.05, 0) is 17.7 Å². The summed E-state index contributed by atoms with van der Waals surface area (Å²) in [5.41, 5.74) is 1.21. The fourth-order valence-corrected chi connectivity index (χ4v) is 2.91. The second kappa shape index (κ2) is 4.58. The lowest BCUT2D eigenvalue weighted by atomic mass is 9.91. The molecule has 1 aromatic rings. The summed E-state index contributed by atoms with van der Waals surface area (Å²) >= 11 is 0. The third kappa shape index (κ3) is 1.95. The lowest BCUT2D eigenvalue weighted by Crippen LogP contribution is -2.41. The summed E-state index contributed by atoms with van der Waals surface area (Å²) in [5, 5.41) is 0. The van der Waals surface area contributed by atoms with Crippen LogP contribution in [0.2, 0.25) is 0 Å². The zero-order valence-corrected chi connectivity index (χ0v) is 10.5. The summed E-state index contributed by atoms with van der Waals surface area (Å²) < 4.78 is 5.17. The number of ether oxygens (including phenoxy) is 1. The molecule has 94 valence electrons. The molecule has 2 heterocycles. The third-order valence-corrected chi connectivity index (χ3v) is 3.86. The molecule has 2 aliphatic heterocycles. The maximum absolute atomic E-state index is 11.8. The van der Waals surface area contributed by atoms with Crippen molar-refractivity contribution in [1.29, 1.82) is 0 Å². The van der Waals surface area contributed by atoms with Gasteiger partial charge in [-0.3, -0.25) is 9.69 Å². The molecule has 0 N–H and O–H groups in total. The van der Waals surface area contributed by atoms with E-state index in [2.05, 4.69) is 29.2 Å². The van der Waals surface area contributed by atoms with E-state index in [-0.39, 0.29) is 6.04 Å². The van der Waals surface area contributed by atoms with Gasteiger partial charge in [-0.15, -0.1) is 0 Å². The minimum atomic E-state index is 0.220. The Morgan fingerprint density at radius 1 is 1.22 bits per heavy atom. The van der Waals surface area contributed by atoms with Crippen LogP contribution in [0.25, 0.3) is 0 Å². The minimum absolute atomic E-state index is 0.220. The molecule has 2 atom stereocenters. The quantitative estimate of drug-likeness (QED) is 0.747. The van der Waals surface area contributed by atoms with Gasteiger partial charge in [-0.1, -0.05) is 24.3 Å². The van der Waals surface area contributed by atoms with Gasteiger partial charge < -0.3 is 4.74 Å². The lowest BCUT2D eigenvalue weighted by molar-refractivity contribution is -0.124. The highest BCUT2D eigenvalue weighted by molar-refractivity contribution is 5.81. The number of nitrogens with zero attached hydrogens (tertiary/aromatic N) is 1. The van der Waals surface area contributed by atoms with Gasteiger partial charge in [-0.25, -0.2) is 0 Å². The van der Waals surface area contributed by atoms with Crippen molar-refractivity contribution in [2.75, 3.05) is 13.7 Å². The number of carbonyl (C=O) groups is 1. The molecular formula is C15H17NO2. The highest BCUT2D eigenvalue weighted by Gasteiger charge is 2.35. The molecule has 0 spiro atoms. The van der Waals surface area contributed by atoms with Crippen LogP contribution in [0.4, 0.5) is 0 Å². The van der Waals surface area contributed by atoms with E-state index in [4.69, 9.17) is 4.74 Å². The zero-order valence-electron chi connectivity index (χ0n) is 10.5. The van der Waals surface area contributed by atoms with Crippen LogP contribution in [-0.4, -0.2) is 30.4 Å². The van der Waals surface area contributed by atoms with Gasteiger partial charge in [0.1, 0.15) is 11.5 Å². The van der Waals surface area contributed by atoms with Crippen molar-refractivity contribution in [3.05, 3.63) is 42.0 Å². The van der Waals surface area contributed by atoms with Crippen molar-refractivity contribution in [1.82, 2.24) is 4.90 Å². The van der Waals surface area contributed by atoms with Crippen LogP contribution in [0, 0.1) is 0 Å². The summed E-state index contributed by atoms with van der Waals surface area (Å²) in [5.74, 6) is 1.22. The van der Waals surface area contributed by atoms with Gasteiger partial charge in [0, 0.05) is 31.5 Å². The number of rotatable bonds is 2. The van der Waals surface area contributed by atoms with E-state index in [1.165, 1.54) is 5.56 Å². The average molecular weight is 243 g/mol. The van der Waals surface area contributed by atoms with Gasteiger partial charge in [0.15, 0.2) is 0 Å². The Labute approximate surface area is 107 Å². The third-order valence-electron chi connectivity index (χ3n) is 3.86. The van der Waals surface area contributed by atoms with Crippen LogP contribution in [0.5, 0.6) is 5.75 Å². The SMILES string of the molecule is COc1ccc([C@H]2CC(=O)C[C@@H]3C=CCN23)cc1. The molecule has 0 aromatic heterocycles. The highest BCUT2D eigenvalue weighted by Crippen LogP contribution is 2.35. The molecule has 1 fully saturated rings. The van der Waals surface area contributed by atoms with Crippen molar-refractivity contribution in [3.63, 3.8) is 0 Å². The summed E-state index contributed by atoms with van der Waals surface area (Å²) in [6.45, 7) is 0.953. The van der Waals surface area contributed by atoms with Crippen LogP contribution in [-0.2, 0) is 4.79 Å². The molecule has 0 radical (unpaired) electrons. The van der Waals surface area contributed by atoms with Crippen LogP contribution in [0.3, 0.4) is 0 Å². The maximum atomic E-state index is 11.8. The zero-order chi connectivity index (χ0) is 12.5. The van der Waals surface area contributed by atoms with E-state index < -0.39 is 0 Å². The van der Waals surface area contributed by atoms with E-state index in [1.54, 1.807) is 7.11 Å². The predicted molar refractivity (Wildman–Crippen MR) is 69.6 cm³/mol. The first-order valence-corrected chi connectivity index (χ1v) is 6.36. The van der Waals surface area contributed by atoms with E-state index in [9.17, 15) is 4.79 Å². The fourth-order valence-electron chi connectivity index (χ4n) is 2.91. The molecule has 0 unspecified atom stereocenters. The molecule has 18 heavy (non-hydrogen) atoms. The average Bonchev–Trinajstić information content (AvgIpc) is 2.86. The molecule has 0 bridgehead atoms. The van der Waals surface area contributed by atoms with E-state index in [0.717, 1.165) is 12.3 Å². The fraction of sp³-hybridized carbons (Fsp3) is 0.400. The summed E-state index contributed by atoms with van der Waals surface area (Å²) in [4.78, 5) is 14.2. The first-order chi connectivity index (χ1) is 8.78. The number of ketones is 1. The Morgan fingerprint density at radius 2 is 2.00 bits per heavy atom. The number of hydrogen-bond donors (Lipinski definition) is 0. The molecule has 0 saturated carbocycles. The van der Waals surface area contributed by atoms with Gasteiger partial charge in [-0.2, -0.15) is 0 Å². The molecule has 0 aliphatic carbocycles. The van der Waals surface area contributed by atoms with Gasteiger partial charge in [0.25, 0.3) is 0 Å². The number of methoxy groups -OCH3 is 1. The molecule has 3 nitrogen and oxygen atoms in total. The van der Waals surface area contributed by atoms with E-state index in [0.29, 0.717) is 24.7 Å². The monoisotopic (exact) mass is 243 g/mol. The first-order valence-electron chi connectivity index (χ1n) is 6.36. The number of piperidine rings is 1.